The van der Waals surface area contributed by atoms with Gasteiger partial charge in [0.15, 0.2) is 6.61 Å². The number of nitrogens with zero attached hydrogens (tertiary/aromatic N) is 1. The first-order valence-corrected chi connectivity index (χ1v) is 9.78. The second kappa shape index (κ2) is 10.8. The third-order valence-electron chi connectivity index (χ3n) is 4.11. The van der Waals surface area contributed by atoms with E-state index >= 15 is 0 Å². The molecule has 0 heterocycles. The van der Waals surface area contributed by atoms with Crippen molar-refractivity contribution in [3.63, 3.8) is 0 Å². The zero-order valence-corrected chi connectivity index (χ0v) is 17.4. The maximum absolute atomic E-state index is 12.9. The lowest BCUT2D eigenvalue weighted by Gasteiger charge is -2.08. The molecule has 0 saturated heterocycles. The molecule has 0 spiro atoms. The Bertz CT molecular complexity index is 1200. The van der Waals surface area contributed by atoms with Crippen molar-refractivity contribution in [2.75, 3.05) is 17.2 Å². The van der Waals surface area contributed by atoms with Crippen LogP contribution < -0.4 is 15.4 Å². The van der Waals surface area contributed by atoms with Crippen molar-refractivity contribution in [1.82, 2.24) is 0 Å². The number of halogens is 2. The van der Waals surface area contributed by atoms with Crippen molar-refractivity contribution in [3.8, 4) is 11.8 Å². The molecule has 160 valence electrons. The SMILES string of the molecule is N#C/C(=C/c1cccc(OCC(=O)Nc2ccc(F)cc2)c1)C(=O)Nc1cccc(Cl)c1. The second-order valence-corrected chi connectivity index (χ2v) is 6.99. The highest BCUT2D eigenvalue weighted by molar-refractivity contribution is 6.31. The van der Waals surface area contributed by atoms with E-state index in [4.69, 9.17) is 16.3 Å². The highest BCUT2D eigenvalue weighted by atomic mass is 35.5. The maximum atomic E-state index is 12.9. The summed E-state index contributed by atoms with van der Waals surface area (Å²) in [7, 11) is 0. The fraction of sp³-hybridized carbons (Fsp3) is 0.0417. The minimum atomic E-state index is -0.584. The molecule has 6 nitrogen and oxygen atoms in total. The predicted octanol–water partition coefficient (Wildman–Crippen LogP) is 5.04. The number of carbonyl (C=O) groups is 2. The standard InChI is InChI=1S/C24H17ClFN3O3/c25-18-4-2-5-21(13-18)29-24(31)17(14-27)11-16-3-1-6-22(12-16)32-15-23(30)28-20-9-7-19(26)8-10-20/h1-13H,15H2,(H,28,30)(H,29,31)/b17-11-. The van der Waals surface area contributed by atoms with E-state index in [-0.39, 0.29) is 12.2 Å². The predicted molar refractivity (Wildman–Crippen MR) is 121 cm³/mol. The Morgan fingerprint density at radius 1 is 1.00 bits per heavy atom. The molecule has 2 amide bonds. The van der Waals surface area contributed by atoms with E-state index in [0.29, 0.717) is 27.7 Å². The Morgan fingerprint density at radius 2 is 1.75 bits per heavy atom. The zero-order valence-electron chi connectivity index (χ0n) is 16.6. The van der Waals surface area contributed by atoms with Crippen LogP contribution in [0.3, 0.4) is 0 Å². The van der Waals surface area contributed by atoms with Gasteiger partial charge in [-0.05, 0) is 66.2 Å². The van der Waals surface area contributed by atoms with Crippen LogP contribution in [-0.2, 0) is 9.59 Å². The summed E-state index contributed by atoms with van der Waals surface area (Å²) in [6.45, 7) is -0.273. The maximum Gasteiger partial charge on any atom is 0.266 e. The number of carbonyl (C=O) groups excluding carboxylic acids is 2. The van der Waals surface area contributed by atoms with E-state index in [1.165, 1.54) is 30.3 Å². The van der Waals surface area contributed by atoms with E-state index in [9.17, 15) is 19.2 Å². The molecule has 0 atom stereocenters. The zero-order chi connectivity index (χ0) is 22.9. The van der Waals surface area contributed by atoms with Gasteiger partial charge < -0.3 is 15.4 Å². The van der Waals surface area contributed by atoms with Gasteiger partial charge in [-0.25, -0.2) is 4.39 Å². The van der Waals surface area contributed by atoms with Crippen LogP contribution in [0.5, 0.6) is 5.75 Å². The number of amides is 2. The molecule has 3 aromatic rings. The molecule has 0 aliphatic heterocycles. The van der Waals surface area contributed by atoms with E-state index in [2.05, 4.69) is 10.6 Å². The summed E-state index contributed by atoms with van der Waals surface area (Å²) in [6, 6.07) is 20.4. The van der Waals surface area contributed by atoms with Crippen LogP contribution in [0, 0.1) is 17.1 Å². The number of hydrogen-bond donors (Lipinski definition) is 2. The molecule has 0 bridgehead atoms. The Balaban J connectivity index is 1.62. The van der Waals surface area contributed by atoms with Gasteiger partial charge in [-0.2, -0.15) is 5.26 Å². The summed E-state index contributed by atoms with van der Waals surface area (Å²) in [5.41, 5.74) is 1.34. The normalized spacial score (nSPS) is 10.7. The van der Waals surface area contributed by atoms with Gasteiger partial charge in [0.25, 0.3) is 11.8 Å². The molecule has 0 saturated carbocycles. The third-order valence-corrected chi connectivity index (χ3v) is 4.35. The first kappa shape index (κ1) is 22.5. The van der Waals surface area contributed by atoms with E-state index in [0.717, 1.165) is 0 Å². The van der Waals surface area contributed by atoms with E-state index < -0.39 is 17.6 Å². The van der Waals surface area contributed by atoms with Gasteiger partial charge in [0.05, 0.1) is 0 Å². The van der Waals surface area contributed by atoms with Crippen molar-refractivity contribution in [3.05, 3.63) is 94.8 Å². The minimum absolute atomic E-state index is 0.115. The fourth-order valence-electron chi connectivity index (χ4n) is 2.65. The average molecular weight is 450 g/mol. The monoisotopic (exact) mass is 449 g/mol. The summed E-state index contributed by atoms with van der Waals surface area (Å²) < 4.78 is 18.4. The number of nitriles is 1. The van der Waals surface area contributed by atoms with Crippen LogP contribution in [0.4, 0.5) is 15.8 Å². The molecule has 0 aromatic heterocycles. The molecule has 8 heteroatoms. The number of rotatable bonds is 7. The molecule has 0 radical (unpaired) electrons. The first-order valence-electron chi connectivity index (χ1n) is 9.40. The van der Waals surface area contributed by atoms with Crippen molar-refractivity contribution < 1.29 is 18.7 Å². The second-order valence-electron chi connectivity index (χ2n) is 6.55. The van der Waals surface area contributed by atoms with Gasteiger partial charge in [0.2, 0.25) is 0 Å². The smallest absolute Gasteiger partial charge is 0.266 e. The summed E-state index contributed by atoms with van der Waals surface area (Å²) in [5.74, 6) is -1.03. The van der Waals surface area contributed by atoms with Crippen LogP contribution in [0.1, 0.15) is 5.56 Å². The number of nitrogens with one attached hydrogen (secondary N) is 2. The van der Waals surface area contributed by atoms with Gasteiger partial charge in [-0.15, -0.1) is 0 Å². The van der Waals surface area contributed by atoms with Crippen LogP contribution in [0.15, 0.2) is 78.4 Å². The molecule has 0 aliphatic rings. The van der Waals surface area contributed by atoms with Crippen molar-refractivity contribution in [2.45, 2.75) is 0 Å². The molecular formula is C24H17ClFN3O3. The number of anilines is 2. The lowest BCUT2D eigenvalue weighted by atomic mass is 10.1. The molecule has 3 aromatic carbocycles. The molecule has 3 rings (SSSR count). The molecule has 2 N–H and O–H groups in total. The highest BCUT2D eigenvalue weighted by Gasteiger charge is 2.10. The molecule has 0 unspecified atom stereocenters. The van der Waals surface area contributed by atoms with Crippen LogP contribution in [0.25, 0.3) is 6.08 Å². The number of ether oxygens (including phenoxy) is 1. The largest absolute Gasteiger partial charge is 0.484 e. The van der Waals surface area contributed by atoms with Crippen molar-refractivity contribution >= 4 is 40.9 Å². The summed E-state index contributed by atoms with van der Waals surface area (Å²) in [6.07, 6.45) is 1.41. The van der Waals surface area contributed by atoms with Crippen LogP contribution in [-0.4, -0.2) is 18.4 Å². The Kier molecular flexibility index (Phi) is 7.57. The lowest BCUT2D eigenvalue weighted by Crippen LogP contribution is -2.20. The van der Waals surface area contributed by atoms with E-state index in [1.807, 2.05) is 6.07 Å². The van der Waals surface area contributed by atoms with Gasteiger partial charge in [0.1, 0.15) is 23.2 Å². The van der Waals surface area contributed by atoms with Gasteiger partial charge in [0, 0.05) is 16.4 Å². The number of benzene rings is 3. The fourth-order valence-corrected chi connectivity index (χ4v) is 2.84. The Morgan fingerprint density at radius 3 is 2.47 bits per heavy atom. The van der Waals surface area contributed by atoms with Crippen LogP contribution in [0.2, 0.25) is 5.02 Å². The minimum Gasteiger partial charge on any atom is -0.484 e. The summed E-state index contributed by atoms with van der Waals surface area (Å²) in [5, 5.41) is 15.0. The molecule has 0 aliphatic carbocycles. The van der Waals surface area contributed by atoms with Gasteiger partial charge in [-0.1, -0.05) is 29.8 Å². The van der Waals surface area contributed by atoms with Gasteiger partial charge >= 0.3 is 0 Å². The van der Waals surface area contributed by atoms with Crippen molar-refractivity contribution in [2.24, 2.45) is 0 Å². The topological polar surface area (TPSA) is 91.2 Å². The van der Waals surface area contributed by atoms with Gasteiger partial charge in [-0.3, -0.25) is 9.59 Å². The average Bonchev–Trinajstić information content (AvgIpc) is 2.78. The Labute approximate surface area is 188 Å². The Hall–Kier alpha value is -4.15. The van der Waals surface area contributed by atoms with Crippen molar-refractivity contribution in [1.29, 1.82) is 5.26 Å². The quantitative estimate of drug-likeness (QED) is 0.390. The summed E-state index contributed by atoms with van der Waals surface area (Å²) in [4.78, 5) is 24.4. The third kappa shape index (κ3) is 6.69. The highest BCUT2D eigenvalue weighted by Crippen LogP contribution is 2.19. The summed E-state index contributed by atoms with van der Waals surface area (Å²) >= 11 is 5.90. The first-order chi connectivity index (χ1) is 15.4. The number of hydrogen-bond acceptors (Lipinski definition) is 4. The molecule has 0 fully saturated rings. The molecule has 32 heavy (non-hydrogen) atoms. The lowest BCUT2D eigenvalue weighted by molar-refractivity contribution is -0.118. The van der Waals surface area contributed by atoms with E-state index in [1.54, 1.807) is 48.5 Å². The van der Waals surface area contributed by atoms with Crippen LogP contribution >= 0.6 is 11.6 Å². The molecular weight excluding hydrogens is 433 g/mol.